The first-order chi connectivity index (χ1) is 11.8. The van der Waals surface area contributed by atoms with Crippen molar-refractivity contribution in [3.8, 4) is 0 Å². The summed E-state index contributed by atoms with van der Waals surface area (Å²) < 4.78 is 4.29. The van der Waals surface area contributed by atoms with Gasteiger partial charge in [0.05, 0.1) is 0 Å². The van der Waals surface area contributed by atoms with Crippen LogP contribution in [0.2, 0.25) is 0 Å². The molecule has 5 rings (SSSR count). The molecule has 120 valence electrons. The average molecular weight is 436 g/mol. The van der Waals surface area contributed by atoms with Gasteiger partial charge < -0.3 is 0 Å². The van der Waals surface area contributed by atoms with Gasteiger partial charge in [-0.2, -0.15) is 0 Å². The second-order valence-electron chi connectivity index (χ2n) is 7.12. The monoisotopic (exact) mass is 436 g/mol. The summed E-state index contributed by atoms with van der Waals surface area (Å²) in [6, 6.07) is 18.5. The molecule has 0 aromatic heterocycles. The fraction of sp³-hybridized carbons (Fsp3) is 0.300. The predicted molar refractivity (Wildman–Crippen MR) is 105 cm³/mol. The zero-order valence-electron chi connectivity index (χ0n) is 13.6. The van der Waals surface area contributed by atoms with Crippen molar-refractivity contribution in [1.29, 1.82) is 0 Å². The SMILES string of the molecule is NC(C[C]1=Cc2c3ccc[c]2[In]1[CH]3C1CSCN1)c1ccccc1. The van der Waals surface area contributed by atoms with E-state index in [1.807, 2.05) is 0 Å². The Morgan fingerprint density at radius 3 is 2.79 bits per heavy atom. The van der Waals surface area contributed by atoms with Crippen LogP contribution in [0.4, 0.5) is 0 Å². The van der Waals surface area contributed by atoms with Crippen LogP contribution in [0, 0.1) is 0 Å². The minimum atomic E-state index is -1.98. The van der Waals surface area contributed by atoms with Crippen LogP contribution in [-0.2, 0) is 0 Å². The maximum absolute atomic E-state index is 6.56. The standard InChI is InChI=1S/C20H21N2S.In/c21-20(17-8-2-1-3-9-17)12-6-11-16-7-4-5-10-18(16)13-19-14-23-15-22-19;/h1-5,8-11,13,19-20,22H,12,14-15,21H2;. The van der Waals surface area contributed by atoms with E-state index >= 15 is 0 Å². The Balaban J connectivity index is 1.45. The number of rotatable bonds is 4. The molecule has 0 spiro atoms. The molecule has 0 radical (unpaired) electrons. The molecule has 3 aliphatic heterocycles. The first kappa shape index (κ1) is 15.6. The van der Waals surface area contributed by atoms with E-state index in [9.17, 15) is 0 Å². The Morgan fingerprint density at radius 1 is 1.17 bits per heavy atom. The second-order valence-corrected chi connectivity index (χ2v) is 16.8. The van der Waals surface area contributed by atoms with Crippen molar-refractivity contribution in [3.63, 3.8) is 0 Å². The van der Waals surface area contributed by atoms with E-state index in [0.717, 1.165) is 16.0 Å². The van der Waals surface area contributed by atoms with Crippen molar-refractivity contribution in [2.24, 2.45) is 5.73 Å². The summed E-state index contributed by atoms with van der Waals surface area (Å²) in [5, 5.41) is 3.76. The fourth-order valence-electron chi connectivity index (χ4n) is 4.76. The third kappa shape index (κ3) is 2.42. The number of nitrogens with two attached hydrogens (primary N) is 1. The molecule has 3 aliphatic rings. The third-order valence-electron chi connectivity index (χ3n) is 5.82. The number of nitrogens with one attached hydrogen (secondary N) is 1. The van der Waals surface area contributed by atoms with Gasteiger partial charge in [-0.1, -0.05) is 0 Å². The second kappa shape index (κ2) is 6.24. The first-order valence-corrected chi connectivity index (χ1v) is 15.1. The maximum atomic E-state index is 6.56. The molecule has 1 saturated heterocycles. The molecule has 2 aromatic carbocycles. The molecular formula is C20H21InN2S. The normalized spacial score (nSPS) is 25.2. The van der Waals surface area contributed by atoms with E-state index in [4.69, 9.17) is 5.73 Å². The van der Waals surface area contributed by atoms with Gasteiger partial charge >= 0.3 is 156 Å². The number of thioether (sulfide) groups is 1. The summed E-state index contributed by atoms with van der Waals surface area (Å²) in [6.45, 7) is 0. The Morgan fingerprint density at radius 2 is 2.04 bits per heavy atom. The van der Waals surface area contributed by atoms with Crippen LogP contribution in [0.5, 0.6) is 0 Å². The van der Waals surface area contributed by atoms with Gasteiger partial charge in [0.25, 0.3) is 0 Å². The zero-order valence-corrected chi connectivity index (χ0v) is 17.7. The Kier molecular flexibility index (Phi) is 4.05. The van der Waals surface area contributed by atoms with Gasteiger partial charge in [0.15, 0.2) is 0 Å². The first-order valence-electron chi connectivity index (χ1n) is 8.78. The van der Waals surface area contributed by atoms with Gasteiger partial charge in [0.1, 0.15) is 0 Å². The van der Waals surface area contributed by atoms with Crippen LogP contribution in [0.3, 0.4) is 0 Å². The Hall–Kier alpha value is -0.680. The molecule has 24 heavy (non-hydrogen) atoms. The average Bonchev–Trinajstić information content (AvgIpc) is 3.29. The van der Waals surface area contributed by atoms with E-state index in [0.29, 0.717) is 6.04 Å². The minimum absolute atomic E-state index is 0.138. The molecule has 0 saturated carbocycles. The molecule has 0 amide bonds. The van der Waals surface area contributed by atoms with E-state index in [1.165, 1.54) is 11.3 Å². The van der Waals surface area contributed by atoms with Gasteiger partial charge in [0.2, 0.25) is 0 Å². The van der Waals surface area contributed by atoms with Crippen molar-refractivity contribution in [2.45, 2.75) is 22.2 Å². The Labute approximate surface area is 155 Å². The van der Waals surface area contributed by atoms with E-state index < -0.39 is 21.4 Å². The van der Waals surface area contributed by atoms with Crippen LogP contribution in [0.25, 0.3) is 6.08 Å². The van der Waals surface area contributed by atoms with Crippen LogP contribution in [-0.4, -0.2) is 39.1 Å². The van der Waals surface area contributed by atoms with Gasteiger partial charge in [-0.15, -0.1) is 0 Å². The summed E-state index contributed by atoms with van der Waals surface area (Å²) in [4.78, 5) is 0. The molecule has 0 aliphatic carbocycles. The zero-order chi connectivity index (χ0) is 16.1. The molecule has 3 heterocycles. The molecule has 1 fully saturated rings. The van der Waals surface area contributed by atoms with E-state index in [1.54, 1.807) is 17.8 Å². The topological polar surface area (TPSA) is 38.0 Å². The summed E-state index contributed by atoms with van der Waals surface area (Å²) in [6.07, 6.45) is 3.57. The molecule has 3 atom stereocenters. The van der Waals surface area contributed by atoms with E-state index in [2.05, 4.69) is 71.7 Å². The third-order valence-corrected chi connectivity index (χ3v) is 18.0. The molecule has 2 nitrogen and oxygen atoms in total. The number of hydrogen-bond donors (Lipinski definition) is 2. The van der Waals surface area contributed by atoms with Crippen LogP contribution in [0.1, 0.15) is 32.8 Å². The van der Waals surface area contributed by atoms with Crippen molar-refractivity contribution in [2.75, 3.05) is 11.6 Å². The fourth-order valence-corrected chi connectivity index (χ4v) is 18.9. The molecule has 4 heteroatoms. The van der Waals surface area contributed by atoms with Gasteiger partial charge in [-0.3, -0.25) is 0 Å². The number of hydrogen-bond acceptors (Lipinski definition) is 3. The van der Waals surface area contributed by atoms with Crippen molar-refractivity contribution in [3.05, 3.63) is 68.6 Å². The molecule has 4 bridgehead atoms. The molecular weight excluding hydrogens is 415 g/mol. The Bertz CT molecular complexity index is 799. The van der Waals surface area contributed by atoms with Gasteiger partial charge in [-0.05, 0) is 0 Å². The molecule has 3 unspecified atom stereocenters. The van der Waals surface area contributed by atoms with Crippen molar-refractivity contribution < 1.29 is 0 Å². The summed E-state index contributed by atoms with van der Waals surface area (Å²) in [7, 11) is 0. The van der Waals surface area contributed by atoms with Crippen molar-refractivity contribution >= 4 is 42.6 Å². The summed E-state index contributed by atoms with van der Waals surface area (Å²) in [5.74, 6) is 2.39. The van der Waals surface area contributed by atoms with Gasteiger partial charge in [-0.25, -0.2) is 0 Å². The number of benzene rings is 2. The predicted octanol–water partition coefficient (Wildman–Crippen LogP) is 2.71. The van der Waals surface area contributed by atoms with E-state index in [-0.39, 0.29) is 6.04 Å². The summed E-state index contributed by atoms with van der Waals surface area (Å²) >= 11 is 0.0717. The van der Waals surface area contributed by atoms with Crippen LogP contribution >= 0.6 is 11.8 Å². The van der Waals surface area contributed by atoms with Crippen molar-refractivity contribution in [1.82, 2.24) is 5.32 Å². The summed E-state index contributed by atoms with van der Waals surface area (Å²) in [5.41, 5.74) is 11.1. The molecule has 2 aromatic rings. The molecule has 3 N–H and O–H groups in total. The van der Waals surface area contributed by atoms with Crippen LogP contribution < -0.4 is 14.4 Å². The quantitative estimate of drug-likeness (QED) is 0.775. The van der Waals surface area contributed by atoms with Gasteiger partial charge in [0, 0.05) is 0 Å². The van der Waals surface area contributed by atoms with Crippen LogP contribution in [0.15, 0.2) is 51.9 Å².